The summed E-state index contributed by atoms with van der Waals surface area (Å²) in [6.45, 7) is 5.83. The van der Waals surface area contributed by atoms with Crippen molar-refractivity contribution in [3.05, 3.63) is 27.7 Å². The molecule has 1 aromatic carbocycles. The Bertz CT molecular complexity index is 381. The van der Waals surface area contributed by atoms with Crippen LogP contribution in [0.3, 0.4) is 0 Å². The standard InChI is InChI=1S/C12H16BrNO2/c1-4-10(12(15)16)14-9-5-7(2)11(13)8(3)6-9/h5-6,10,14H,4H2,1-3H3,(H,15,16). The van der Waals surface area contributed by atoms with Gasteiger partial charge in [-0.05, 0) is 43.5 Å². The maximum absolute atomic E-state index is 10.9. The fourth-order valence-corrected chi connectivity index (χ4v) is 1.80. The van der Waals surface area contributed by atoms with E-state index in [0.29, 0.717) is 6.42 Å². The zero-order valence-electron chi connectivity index (χ0n) is 9.67. The molecule has 0 aromatic heterocycles. The number of benzene rings is 1. The van der Waals surface area contributed by atoms with Gasteiger partial charge in [0.15, 0.2) is 0 Å². The number of hydrogen-bond acceptors (Lipinski definition) is 2. The Morgan fingerprint density at radius 2 is 1.94 bits per heavy atom. The molecule has 88 valence electrons. The van der Waals surface area contributed by atoms with Crippen LogP contribution >= 0.6 is 15.9 Å². The maximum atomic E-state index is 10.9. The zero-order valence-corrected chi connectivity index (χ0v) is 11.3. The molecule has 0 bridgehead atoms. The Morgan fingerprint density at radius 3 is 2.31 bits per heavy atom. The van der Waals surface area contributed by atoms with Crippen LogP contribution in [0.2, 0.25) is 0 Å². The lowest BCUT2D eigenvalue weighted by molar-refractivity contribution is -0.137. The first kappa shape index (κ1) is 13.0. The Kier molecular flexibility index (Phi) is 4.35. The average Bonchev–Trinajstić information content (AvgIpc) is 2.21. The second-order valence-electron chi connectivity index (χ2n) is 3.87. The Morgan fingerprint density at radius 1 is 1.44 bits per heavy atom. The van der Waals surface area contributed by atoms with Crippen LogP contribution in [0.5, 0.6) is 0 Å². The first-order chi connectivity index (χ1) is 7.45. The van der Waals surface area contributed by atoms with Crippen LogP contribution in [0, 0.1) is 13.8 Å². The number of hydrogen-bond donors (Lipinski definition) is 2. The minimum absolute atomic E-state index is 0.528. The highest BCUT2D eigenvalue weighted by atomic mass is 79.9. The number of carbonyl (C=O) groups is 1. The number of rotatable bonds is 4. The number of aliphatic carboxylic acids is 1. The van der Waals surface area contributed by atoms with E-state index >= 15 is 0 Å². The monoisotopic (exact) mass is 285 g/mol. The van der Waals surface area contributed by atoms with Gasteiger partial charge >= 0.3 is 5.97 Å². The summed E-state index contributed by atoms with van der Waals surface area (Å²) in [5.74, 6) is -0.819. The first-order valence-corrected chi connectivity index (χ1v) is 6.01. The largest absolute Gasteiger partial charge is 0.480 e. The van der Waals surface area contributed by atoms with E-state index in [1.807, 2.05) is 32.9 Å². The Balaban J connectivity index is 2.93. The van der Waals surface area contributed by atoms with Crippen LogP contribution in [0.1, 0.15) is 24.5 Å². The van der Waals surface area contributed by atoms with E-state index in [4.69, 9.17) is 5.11 Å². The molecular weight excluding hydrogens is 270 g/mol. The SMILES string of the molecule is CCC(Nc1cc(C)c(Br)c(C)c1)C(=O)O. The third-order valence-corrected chi connectivity index (χ3v) is 3.73. The number of carboxylic acid groups (broad SMARTS) is 1. The predicted molar refractivity (Wildman–Crippen MR) is 69.0 cm³/mol. The zero-order chi connectivity index (χ0) is 12.3. The van der Waals surface area contributed by atoms with Crippen molar-refractivity contribution >= 4 is 27.6 Å². The van der Waals surface area contributed by atoms with Gasteiger partial charge in [-0.3, -0.25) is 0 Å². The highest BCUT2D eigenvalue weighted by Crippen LogP contribution is 2.25. The van der Waals surface area contributed by atoms with Gasteiger partial charge in [0.25, 0.3) is 0 Å². The normalized spacial score (nSPS) is 12.2. The third kappa shape index (κ3) is 2.98. The lowest BCUT2D eigenvalue weighted by Crippen LogP contribution is -2.28. The molecule has 2 N–H and O–H groups in total. The van der Waals surface area contributed by atoms with Crippen molar-refractivity contribution < 1.29 is 9.90 Å². The minimum atomic E-state index is -0.819. The molecule has 0 radical (unpaired) electrons. The van der Waals surface area contributed by atoms with Crippen molar-refractivity contribution in [2.45, 2.75) is 33.2 Å². The van der Waals surface area contributed by atoms with Crippen molar-refractivity contribution in [1.29, 1.82) is 0 Å². The summed E-state index contributed by atoms with van der Waals surface area (Å²) in [5.41, 5.74) is 3.05. The summed E-state index contributed by atoms with van der Waals surface area (Å²) < 4.78 is 1.07. The molecule has 16 heavy (non-hydrogen) atoms. The van der Waals surface area contributed by atoms with Gasteiger partial charge in [0.2, 0.25) is 0 Å². The van der Waals surface area contributed by atoms with E-state index < -0.39 is 12.0 Å². The molecule has 0 saturated heterocycles. The van der Waals surface area contributed by atoms with Gasteiger partial charge in [-0.1, -0.05) is 22.9 Å². The summed E-state index contributed by atoms with van der Waals surface area (Å²) in [4.78, 5) is 10.9. The highest BCUT2D eigenvalue weighted by molar-refractivity contribution is 9.10. The van der Waals surface area contributed by atoms with Crippen LogP contribution in [-0.4, -0.2) is 17.1 Å². The van der Waals surface area contributed by atoms with Crippen LogP contribution in [0.15, 0.2) is 16.6 Å². The molecule has 0 aliphatic carbocycles. The molecule has 0 amide bonds. The minimum Gasteiger partial charge on any atom is -0.480 e. The van der Waals surface area contributed by atoms with Crippen molar-refractivity contribution in [3.63, 3.8) is 0 Å². The van der Waals surface area contributed by atoms with Crippen molar-refractivity contribution in [2.75, 3.05) is 5.32 Å². The van der Waals surface area contributed by atoms with E-state index in [9.17, 15) is 4.79 Å². The smallest absolute Gasteiger partial charge is 0.326 e. The Labute approximate surface area is 104 Å². The van der Waals surface area contributed by atoms with E-state index in [2.05, 4.69) is 21.2 Å². The Hall–Kier alpha value is -1.03. The fraction of sp³-hybridized carbons (Fsp3) is 0.417. The van der Waals surface area contributed by atoms with E-state index in [-0.39, 0.29) is 0 Å². The van der Waals surface area contributed by atoms with Crippen LogP contribution in [-0.2, 0) is 4.79 Å². The van der Waals surface area contributed by atoms with Gasteiger partial charge in [-0.15, -0.1) is 0 Å². The van der Waals surface area contributed by atoms with E-state index in [0.717, 1.165) is 21.3 Å². The molecule has 0 spiro atoms. The molecule has 1 unspecified atom stereocenters. The van der Waals surface area contributed by atoms with Crippen molar-refractivity contribution in [2.24, 2.45) is 0 Å². The number of aryl methyl sites for hydroxylation is 2. The molecule has 0 heterocycles. The molecule has 0 aliphatic heterocycles. The second-order valence-corrected chi connectivity index (χ2v) is 4.66. The first-order valence-electron chi connectivity index (χ1n) is 5.21. The van der Waals surface area contributed by atoms with Gasteiger partial charge in [0, 0.05) is 10.2 Å². The van der Waals surface area contributed by atoms with Crippen LogP contribution < -0.4 is 5.32 Å². The number of nitrogens with one attached hydrogen (secondary N) is 1. The molecule has 1 atom stereocenters. The second kappa shape index (κ2) is 5.34. The van der Waals surface area contributed by atoms with E-state index in [1.165, 1.54) is 0 Å². The molecule has 4 heteroatoms. The van der Waals surface area contributed by atoms with Crippen LogP contribution in [0.4, 0.5) is 5.69 Å². The van der Waals surface area contributed by atoms with Gasteiger partial charge in [0.1, 0.15) is 6.04 Å². The fourth-order valence-electron chi connectivity index (χ4n) is 1.57. The number of halogens is 1. The summed E-state index contributed by atoms with van der Waals surface area (Å²) in [6.07, 6.45) is 0.559. The van der Waals surface area contributed by atoms with Crippen LogP contribution in [0.25, 0.3) is 0 Å². The predicted octanol–water partition coefficient (Wildman–Crippen LogP) is 3.34. The molecule has 1 rings (SSSR count). The molecule has 0 aliphatic rings. The molecular formula is C12H16BrNO2. The lowest BCUT2D eigenvalue weighted by Gasteiger charge is -2.15. The lowest BCUT2D eigenvalue weighted by atomic mass is 10.1. The summed E-state index contributed by atoms with van der Waals surface area (Å²) in [7, 11) is 0. The number of anilines is 1. The third-order valence-electron chi connectivity index (χ3n) is 2.48. The summed E-state index contributed by atoms with van der Waals surface area (Å²) in [5, 5.41) is 12.0. The topological polar surface area (TPSA) is 49.3 Å². The van der Waals surface area contributed by atoms with Gasteiger partial charge in [0.05, 0.1) is 0 Å². The molecule has 0 saturated carbocycles. The highest BCUT2D eigenvalue weighted by Gasteiger charge is 2.14. The average molecular weight is 286 g/mol. The van der Waals surface area contributed by atoms with Gasteiger partial charge in [-0.2, -0.15) is 0 Å². The van der Waals surface area contributed by atoms with Gasteiger partial charge < -0.3 is 10.4 Å². The summed E-state index contributed by atoms with van der Waals surface area (Å²) >= 11 is 3.48. The van der Waals surface area contributed by atoms with Gasteiger partial charge in [-0.25, -0.2) is 4.79 Å². The molecule has 0 fully saturated rings. The van der Waals surface area contributed by atoms with Crippen molar-refractivity contribution in [1.82, 2.24) is 0 Å². The summed E-state index contributed by atoms with van der Waals surface area (Å²) in [6, 6.07) is 3.37. The number of carboxylic acids is 1. The van der Waals surface area contributed by atoms with E-state index in [1.54, 1.807) is 0 Å². The quantitative estimate of drug-likeness (QED) is 0.892. The maximum Gasteiger partial charge on any atom is 0.326 e. The molecule has 3 nitrogen and oxygen atoms in total. The molecule has 1 aromatic rings. The van der Waals surface area contributed by atoms with Crippen molar-refractivity contribution in [3.8, 4) is 0 Å².